The van der Waals surface area contributed by atoms with Crippen molar-refractivity contribution >= 4 is 10.8 Å². The van der Waals surface area contributed by atoms with E-state index in [-0.39, 0.29) is 5.82 Å². The molecule has 1 unspecified atom stereocenters. The number of rotatable bonds is 4. The third-order valence-electron chi connectivity index (χ3n) is 3.04. The van der Waals surface area contributed by atoms with Crippen LogP contribution in [0.25, 0.3) is 0 Å². The minimum absolute atomic E-state index is 0.307. The van der Waals surface area contributed by atoms with Crippen LogP contribution in [-0.2, 0) is 16.6 Å². The largest absolute Gasteiger partial charge is 0.331 e. The summed E-state index contributed by atoms with van der Waals surface area (Å²) in [7, 11) is -1.15. The molecule has 18 heavy (non-hydrogen) atoms. The summed E-state index contributed by atoms with van der Waals surface area (Å²) in [6.45, 7) is 0. The van der Waals surface area contributed by atoms with Gasteiger partial charge in [0.2, 0.25) is 0 Å². The minimum atomic E-state index is -1.15. The maximum Gasteiger partial charge on any atom is 0.123 e. The fraction of sp³-hybridized carbons (Fsp3) is 0.308. The van der Waals surface area contributed by atoms with Crippen molar-refractivity contribution < 1.29 is 8.60 Å². The summed E-state index contributed by atoms with van der Waals surface area (Å²) in [4.78, 5) is 4.77. The van der Waals surface area contributed by atoms with E-state index in [4.69, 9.17) is 0 Å². The van der Waals surface area contributed by atoms with Gasteiger partial charge < -0.3 is 4.57 Å². The molecule has 1 aromatic carbocycles. The second-order valence-electron chi connectivity index (χ2n) is 4.47. The van der Waals surface area contributed by atoms with Crippen LogP contribution in [-0.4, -0.2) is 13.8 Å². The Bertz CT molecular complexity index is 575. The molecule has 94 valence electrons. The quantitative estimate of drug-likeness (QED) is 0.851. The Hall–Kier alpha value is -1.49. The molecule has 0 radical (unpaired) electrons. The molecule has 1 heterocycles. The number of hydrogen-bond donors (Lipinski definition) is 0. The van der Waals surface area contributed by atoms with Gasteiger partial charge in [-0.1, -0.05) is 0 Å². The molecule has 1 fully saturated rings. The van der Waals surface area contributed by atoms with Crippen LogP contribution in [0.2, 0.25) is 0 Å². The fourth-order valence-electron chi connectivity index (χ4n) is 1.93. The lowest BCUT2D eigenvalue weighted by atomic mass is 10.4. The van der Waals surface area contributed by atoms with Crippen molar-refractivity contribution in [2.24, 2.45) is 0 Å². The van der Waals surface area contributed by atoms with Crippen LogP contribution in [0.3, 0.4) is 0 Å². The van der Waals surface area contributed by atoms with E-state index in [9.17, 15) is 8.60 Å². The van der Waals surface area contributed by atoms with E-state index >= 15 is 0 Å². The van der Waals surface area contributed by atoms with E-state index in [1.54, 1.807) is 24.7 Å². The van der Waals surface area contributed by atoms with Crippen molar-refractivity contribution in [3.8, 4) is 0 Å². The van der Waals surface area contributed by atoms with Crippen LogP contribution >= 0.6 is 0 Å². The van der Waals surface area contributed by atoms with Crippen molar-refractivity contribution in [2.75, 3.05) is 0 Å². The molecule has 0 N–H and O–H groups in total. The molecule has 2 aromatic rings. The topological polar surface area (TPSA) is 34.9 Å². The summed E-state index contributed by atoms with van der Waals surface area (Å²) in [5, 5.41) is 0. The van der Waals surface area contributed by atoms with Gasteiger partial charge in [-0.3, -0.25) is 4.21 Å². The number of aromatic nitrogens is 2. The second kappa shape index (κ2) is 4.65. The maximum absolute atomic E-state index is 12.8. The highest BCUT2D eigenvalue weighted by atomic mass is 32.2. The lowest BCUT2D eigenvalue weighted by Gasteiger charge is -2.06. The lowest BCUT2D eigenvalue weighted by Crippen LogP contribution is -2.03. The van der Waals surface area contributed by atoms with Crippen LogP contribution in [0, 0.1) is 5.82 Å². The van der Waals surface area contributed by atoms with Crippen LogP contribution in [0.4, 0.5) is 4.39 Å². The van der Waals surface area contributed by atoms with Gasteiger partial charge in [-0.15, -0.1) is 0 Å². The summed E-state index contributed by atoms with van der Waals surface area (Å²) >= 11 is 0. The van der Waals surface area contributed by atoms with E-state index in [1.165, 1.54) is 25.0 Å². The van der Waals surface area contributed by atoms with E-state index in [0.29, 0.717) is 16.7 Å². The number of benzene rings is 1. The monoisotopic (exact) mass is 264 g/mol. The van der Waals surface area contributed by atoms with Crippen molar-refractivity contribution in [1.82, 2.24) is 9.55 Å². The zero-order chi connectivity index (χ0) is 12.5. The van der Waals surface area contributed by atoms with Gasteiger partial charge in [0, 0.05) is 17.1 Å². The number of halogens is 1. The Balaban J connectivity index is 1.77. The van der Waals surface area contributed by atoms with Crippen LogP contribution in [0.5, 0.6) is 0 Å². The smallest absolute Gasteiger partial charge is 0.123 e. The van der Waals surface area contributed by atoms with Crippen molar-refractivity contribution in [1.29, 1.82) is 0 Å². The van der Waals surface area contributed by atoms with Gasteiger partial charge in [0.25, 0.3) is 0 Å². The third-order valence-corrected chi connectivity index (χ3v) is 4.40. The zero-order valence-electron chi connectivity index (χ0n) is 9.75. The molecule has 1 atom stereocenters. The molecule has 1 saturated carbocycles. The molecule has 0 amide bonds. The molecule has 0 aliphatic heterocycles. The molecule has 3 nitrogen and oxygen atoms in total. The van der Waals surface area contributed by atoms with E-state index < -0.39 is 10.8 Å². The van der Waals surface area contributed by atoms with Gasteiger partial charge in [0.15, 0.2) is 0 Å². The summed E-state index contributed by atoms with van der Waals surface area (Å²) in [5.41, 5.74) is 0.986. The average molecular weight is 264 g/mol. The number of imidazole rings is 1. The van der Waals surface area contributed by atoms with Gasteiger partial charge in [-0.05, 0) is 37.1 Å². The number of nitrogens with zero attached hydrogens (tertiary/aromatic N) is 2. The highest BCUT2D eigenvalue weighted by molar-refractivity contribution is 7.84. The molecule has 0 spiro atoms. The first kappa shape index (κ1) is 11.6. The Morgan fingerprint density at radius 2 is 2.06 bits per heavy atom. The molecular formula is C13H13FN2OS. The Morgan fingerprint density at radius 3 is 2.72 bits per heavy atom. The summed E-state index contributed by atoms with van der Waals surface area (Å²) in [6, 6.07) is 6.36. The molecule has 1 aliphatic carbocycles. The molecule has 1 aromatic heterocycles. The molecular weight excluding hydrogens is 251 g/mol. The van der Waals surface area contributed by atoms with Crippen LogP contribution < -0.4 is 0 Å². The van der Waals surface area contributed by atoms with Crippen molar-refractivity contribution in [2.45, 2.75) is 29.5 Å². The molecule has 0 bridgehead atoms. The molecule has 0 saturated heterocycles. The standard InChI is InChI=1S/C13H13FN2OS/c14-10-1-5-13(6-2-10)18(17)8-12-7-15-9-16(12)11-3-4-11/h1-2,5-7,9,11H,3-4,8H2. The highest BCUT2D eigenvalue weighted by Gasteiger charge is 2.25. The first-order valence-corrected chi connectivity index (χ1v) is 7.20. The average Bonchev–Trinajstić information content (AvgIpc) is 3.11. The van der Waals surface area contributed by atoms with Gasteiger partial charge in [-0.25, -0.2) is 9.37 Å². The third kappa shape index (κ3) is 2.36. The molecule has 5 heteroatoms. The van der Waals surface area contributed by atoms with Gasteiger partial charge in [-0.2, -0.15) is 0 Å². The SMILES string of the molecule is O=S(Cc1cncn1C1CC1)c1ccc(F)cc1. The maximum atomic E-state index is 12.8. The van der Waals surface area contributed by atoms with Crippen LogP contribution in [0.1, 0.15) is 24.6 Å². The zero-order valence-corrected chi connectivity index (χ0v) is 10.6. The predicted molar refractivity (Wildman–Crippen MR) is 67.0 cm³/mol. The first-order valence-electron chi connectivity index (χ1n) is 5.88. The number of hydrogen-bond acceptors (Lipinski definition) is 2. The highest BCUT2D eigenvalue weighted by Crippen LogP contribution is 2.36. The second-order valence-corrected chi connectivity index (χ2v) is 5.92. The first-order chi connectivity index (χ1) is 8.74. The normalized spacial score (nSPS) is 16.7. The lowest BCUT2D eigenvalue weighted by molar-refractivity contribution is 0.626. The molecule has 3 rings (SSSR count). The summed E-state index contributed by atoms with van der Waals surface area (Å²) in [5.74, 6) is 0.126. The minimum Gasteiger partial charge on any atom is -0.331 e. The van der Waals surface area contributed by atoms with E-state index in [2.05, 4.69) is 9.55 Å². The van der Waals surface area contributed by atoms with E-state index in [0.717, 1.165) is 5.69 Å². The fourth-order valence-corrected chi connectivity index (χ4v) is 3.03. The summed E-state index contributed by atoms with van der Waals surface area (Å²) in [6.07, 6.45) is 5.91. The van der Waals surface area contributed by atoms with Crippen LogP contribution in [0.15, 0.2) is 41.7 Å². The molecule has 1 aliphatic rings. The van der Waals surface area contributed by atoms with E-state index in [1.807, 2.05) is 0 Å². The predicted octanol–water partition coefficient (Wildman–Crippen LogP) is 2.66. The Kier molecular flexibility index (Phi) is 2.99. The van der Waals surface area contributed by atoms with Crippen molar-refractivity contribution in [3.05, 3.63) is 48.3 Å². The van der Waals surface area contributed by atoms with Gasteiger partial charge in [0.05, 0.1) is 28.6 Å². The van der Waals surface area contributed by atoms with Gasteiger partial charge in [0.1, 0.15) is 5.82 Å². The van der Waals surface area contributed by atoms with Crippen molar-refractivity contribution in [3.63, 3.8) is 0 Å². The Labute approximate surface area is 107 Å². The van der Waals surface area contributed by atoms with Gasteiger partial charge >= 0.3 is 0 Å². The summed E-state index contributed by atoms with van der Waals surface area (Å²) < 4.78 is 27.1. The Morgan fingerprint density at radius 1 is 1.33 bits per heavy atom.